The van der Waals surface area contributed by atoms with E-state index in [1.165, 1.54) is 25.7 Å². The van der Waals surface area contributed by atoms with Crippen LogP contribution in [-0.2, 0) is 23.2 Å². The Kier molecular flexibility index (Phi) is 5.23. The van der Waals surface area contributed by atoms with Gasteiger partial charge in [-0.3, -0.25) is 0 Å². The molecule has 1 aromatic rings. The van der Waals surface area contributed by atoms with Gasteiger partial charge in [0.25, 0.3) is 0 Å². The molecule has 0 amide bonds. The number of rotatable bonds is 7. The Balaban J connectivity index is 1.96. The molecule has 1 aliphatic rings. The first-order valence-electron chi connectivity index (χ1n) is 7.36. The Morgan fingerprint density at radius 3 is 2.65 bits per heavy atom. The second kappa shape index (κ2) is 6.74. The van der Waals surface area contributed by atoms with Crippen LogP contribution in [0, 0.1) is 5.92 Å². The summed E-state index contributed by atoms with van der Waals surface area (Å²) in [6, 6.07) is 1.54. The van der Waals surface area contributed by atoms with Gasteiger partial charge in [0, 0.05) is 25.0 Å². The lowest BCUT2D eigenvalue weighted by Crippen LogP contribution is -2.25. The number of nitrogens with zero attached hydrogens (tertiary/aromatic N) is 1. The van der Waals surface area contributed by atoms with Crippen molar-refractivity contribution in [2.24, 2.45) is 5.92 Å². The topological polar surface area (TPSA) is 71.3 Å². The maximum Gasteiger partial charge on any atom is 0.242 e. The highest BCUT2D eigenvalue weighted by molar-refractivity contribution is 7.89. The van der Waals surface area contributed by atoms with E-state index >= 15 is 0 Å². The largest absolute Gasteiger partial charge is 0.390 e. The molecule has 1 saturated carbocycles. The van der Waals surface area contributed by atoms with Crippen molar-refractivity contribution >= 4 is 10.0 Å². The van der Waals surface area contributed by atoms with Crippen molar-refractivity contribution in [1.29, 1.82) is 0 Å². The summed E-state index contributed by atoms with van der Waals surface area (Å²) < 4.78 is 28.8. The van der Waals surface area contributed by atoms with Crippen LogP contribution >= 0.6 is 0 Å². The smallest absolute Gasteiger partial charge is 0.242 e. The third-order valence-corrected chi connectivity index (χ3v) is 5.52. The van der Waals surface area contributed by atoms with E-state index in [9.17, 15) is 13.5 Å². The number of aliphatic hydroxyl groups is 1. The first-order valence-corrected chi connectivity index (χ1v) is 8.84. The molecular formula is C14H24N2O3S. The lowest BCUT2D eigenvalue weighted by atomic mass is 10.1. The van der Waals surface area contributed by atoms with Crippen LogP contribution in [0.4, 0.5) is 0 Å². The summed E-state index contributed by atoms with van der Waals surface area (Å²) >= 11 is 0. The highest BCUT2D eigenvalue weighted by Gasteiger charge is 2.19. The van der Waals surface area contributed by atoms with Crippen molar-refractivity contribution in [3.05, 3.63) is 18.0 Å². The van der Waals surface area contributed by atoms with Crippen molar-refractivity contribution in [2.75, 3.05) is 6.54 Å². The summed E-state index contributed by atoms with van der Waals surface area (Å²) in [5, 5.41) is 9.21. The summed E-state index contributed by atoms with van der Waals surface area (Å²) in [6.45, 7) is 2.92. The Morgan fingerprint density at radius 1 is 1.40 bits per heavy atom. The van der Waals surface area contributed by atoms with Gasteiger partial charge in [0.05, 0.1) is 11.5 Å². The van der Waals surface area contributed by atoms with E-state index in [4.69, 9.17) is 0 Å². The third-order valence-electron chi connectivity index (χ3n) is 4.09. The zero-order chi connectivity index (χ0) is 14.6. The summed E-state index contributed by atoms with van der Waals surface area (Å²) in [6.07, 6.45) is 7.50. The van der Waals surface area contributed by atoms with Gasteiger partial charge in [-0.25, -0.2) is 13.1 Å². The van der Waals surface area contributed by atoms with Gasteiger partial charge in [-0.15, -0.1) is 0 Å². The number of aryl methyl sites for hydroxylation is 1. The Hall–Kier alpha value is -0.850. The number of aliphatic hydroxyl groups excluding tert-OH is 1. The standard InChI is InChI=1S/C14H24N2O3S/c1-2-16-10-14(9-13(16)11-17)20(18,19)15-8-7-12-5-3-4-6-12/h9-10,12,15,17H,2-8,11H2,1H3. The van der Waals surface area contributed by atoms with Crippen LogP contribution in [0.1, 0.15) is 44.7 Å². The molecule has 114 valence electrons. The Bertz CT molecular complexity index is 509. The molecule has 6 heteroatoms. The molecule has 0 atom stereocenters. The second-order valence-electron chi connectivity index (χ2n) is 5.45. The van der Waals surface area contributed by atoms with Crippen molar-refractivity contribution in [1.82, 2.24) is 9.29 Å². The molecule has 0 aliphatic heterocycles. The van der Waals surface area contributed by atoms with Crippen LogP contribution in [0.5, 0.6) is 0 Å². The predicted molar refractivity (Wildman–Crippen MR) is 77.8 cm³/mol. The van der Waals surface area contributed by atoms with Crippen molar-refractivity contribution < 1.29 is 13.5 Å². The Morgan fingerprint density at radius 2 is 2.10 bits per heavy atom. The van der Waals surface area contributed by atoms with E-state index in [2.05, 4.69) is 4.72 Å². The van der Waals surface area contributed by atoms with E-state index in [0.717, 1.165) is 6.42 Å². The number of nitrogens with one attached hydrogen (secondary N) is 1. The van der Waals surface area contributed by atoms with Gasteiger partial charge >= 0.3 is 0 Å². The summed E-state index contributed by atoms with van der Waals surface area (Å²) in [7, 11) is -3.46. The van der Waals surface area contributed by atoms with Gasteiger partial charge in [0.1, 0.15) is 0 Å². The first-order chi connectivity index (χ1) is 9.56. The number of aromatic nitrogens is 1. The summed E-state index contributed by atoms with van der Waals surface area (Å²) in [4.78, 5) is 0.245. The zero-order valence-corrected chi connectivity index (χ0v) is 12.8. The van der Waals surface area contributed by atoms with E-state index in [0.29, 0.717) is 24.7 Å². The minimum atomic E-state index is -3.46. The van der Waals surface area contributed by atoms with Crippen LogP contribution < -0.4 is 4.72 Å². The molecule has 1 heterocycles. The molecule has 20 heavy (non-hydrogen) atoms. The summed E-state index contributed by atoms with van der Waals surface area (Å²) in [5.41, 5.74) is 0.628. The van der Waals surface area contributed by atoms with Crippen LogP contribution in [-0.4, -0.2) is 24.6 Å². The minimum Gasteiger partial charge on any atom is -0.390 e. The summed E-state index contributed by atoms with van der Waals surface area (Å²) in [5.74, 6) is 0.672. The molecule has 0 bridgehead atoms. The molecule has 0 aromatic carbocycles. The molecule has 0 unspecified atom stereocenters. The fraction of sp³-hybridized carbons (Fsp3) is 0.714. The molecular weight excluding hydrogens is 276 g/mol. The SMILES string of the molecule is CCn1cc(S(=O)(=O)NCCC2CCCC2)cc1CO. The van der Waals surface area contributed by atoms with E-state index in [1.807, 2.05) is 6.92 Å². The predicted octanol–water partition coefficient (Wildman–Crippen LogP) is 1.86. The Labute approximate surface area is 121 Å². The van der Waals surface area contributed by atoms with Gasteiger partial charge in [0.2, 0.25) is 10.0 Å². The fourth-order valence-electron chi connectivity index (χ4n) is 2.88. The normalized spacial score (nSPS) is 16.9. The molecule has 1 aromatic heterocycles. The number of hydrogen-bond acceptors (Lipinski definition) is 3. The highest BCUT2D eigenvalue weighted by Crippen LogP contribution is 2.27. The molecule has 0 spiro atoms. The molecule has 1 fully saturated rings. The average Bonchev–Trinajstić information content (AvgIpc) is 3.07. The van der Waals surface area contributed by atoms with Crippen molar-refractivity contribution in [2.45, 2.75) is 57.1 Å². The van der Waals surface area contributed by atoms with Crippen molar-refractivity contribution in [3.8, 4) is 0 Å². The van der Waals surface area contributed by atoms with Gasteiger partial charge < -0.3 is 9.67 Å². The van der Waals surface area contributed by atoms with Gasteiger partial charge in [0.15, 0.2) is 0 Å². The third kappa shape index (κ3) is 3.62. The minimum absolute atomic E-state index is 0.147. The average molecular weight is 300 g/mol. The molecule has 0 radical (unpaired) electrons. The molecule has 2 rings (SSSR count). The molecule has 2 N–H and O–H groups in total. The maximum atomic E-state index is 12.2. The number of hydrogen-bond donors (Lipinski definition) is 2. The van der Waals surface area contributed by atoms with Crippen LogP contribution in [0.25, 0.3) is 0 Å². The second-order valence-corrected chi connectivity index (χ2v) is 7.22. The molecule has 5 nitrogen and oxygen atoms in total. The highest BCUT2D eigenvalue weighted by atomic mass is 32.2. The maximum absolute atomic E-state index is 12.2. The first kappa shape index (κ1) is 15.5. The quantitative estimate of drug-likeness (QED) is 0.807. The monoisotopic (exact) mass is 300 g/mol. The van der Waals surface area contributed by atoms with E-state index in [1.54, 1.807) is 16.8 Å². The van der Waals surface area contributed by atoms with Gasteiger partial charge in [-0.2, -0.15) is 0 Å². The van der Waals surface area contributed by atoms with Crippen LogP contribution in [0.2, 0.25) is 0 Å². The lowest BCUT2D eigenvalue weighted by Gasteiger charge is -2.09. The lowest BCUT2D eigenvalue weighted by molar-refractivity contribution is 0.271. The molecule has 0 saturated heterocycles. The van der Waals surface area contributed by atoms with Crippen molar-refractivity contribution in [3.63, 3.8) is 0 Å². The fourth-order valence-corrected chi connectivity index (χ4v) is 3.99. The number of sulfonamides is 1. The van der Waals surface area contributed by atoms with Gasteiger partial charge in [-0.05, 0) is 25.3 Å². The zero-order valence-electron chi connectivity index (χ0n) is 12.0. The van der Waals surface area contributed by atoms with Crippen LogP contribution in [0.15, 0.2) is 17.2 Å². The molecule has 1 aliphatic carbocycles. The van der Waals surface area contributed by atoms with Gasteiger partial charge in [-0.1, -0.05) is 25.7 Å². The van der Waals surface area contributed by atoms with Crippen LogP contribution in [0.3, 0.4) is 0 Å². The van der Waals surface area contributed by atoms with E-state index < -0.39 is 10.0 Å². The van der Waals surface area contributed by atoms with E-state index in [-0.39, 0.29) is 11.5 Å².